The van der Waals surface area contributed by atoms with E-state index in [0.29, 0.717) is 12.2 Å². The monoisotopic (exact) mass is 314 g/mol. The van der Waals surface area contributed by atoms with Gasteiger partial charge in [0.15, 0.2) is 0 Å². The number of aromatic nitrogens is 1. The summed E-state index contributed by atoms with van der Waals surface area (Å²) in [4.78, 5) is 17.5. The molecule has 3 N–H and O–H groups in total. The normalized spacial score (nSPS) is 13.2. The highest BCUT2D eigenvalue weighted by Gasteiger charge is 2.17. The Morgan fingerprint density at radius 1 is 1.67 bits per heavy atom. The van der Waals surface area contributed by atoms with E-state index in [1.165, 1.54) is 4.90 Å². The maximum atomic E-state index is 12.0. The van der Waals surface area contributed by atoms with E-state index < -0.39 is 0 Å². The first-order valence-corrected chi connectivity index (χ1v) is 6.09. The predicted molar refractivity (Wildman–Crippen MR) is 71.5 cm³/mol. The summed E-state index contributed by atoms with van der Waals surface area (Å²) < 4.78 is 0.812. The van der Waals surface area contributed by atoms with Gasteiger partial charge in [-0.1, -0.05) is 12.1 Å². The number of rotatable bonds is 4. The Balaban J connectivity index is 2.70. The third-order valence-corrected chi connectivity index (χ3v) is 2.93. The maximum absolute atomic E-state index is 12.0. The summed E-state index contributed by atoms with van der Waals surface area (Å²) in [5, 5.41) is 11.5. The largest absolute Gasteiger partial charge is 0.409 e. The quantitative estimate of drug-likeness (QED) is 0.379. The van der Waals surface area contributed by atoms with E-state index >= 15 is 0 Å². The molecule has 0 aliphatic heterocycles. The van der Waals surface area contributed by atoms with Crippen LogP contribution in [0.15, 0.2) is 28.0 Å². The van der Waals surface area contributed by atoms with Gasteiger partial charge in [-0.2, -0.15) is 0 Å². The predicted octanol–water partition coefficient (Wildman–Crippen LogP) is 1.30. The lowest BCUT2D eigenvalue weighted by molar-refractivity contribution is 0.0780. The molecule has 6 nitrogen and oxygen atoms in total. The highest BCUT2D eigenvalue weighted by Crippen LogP contribution is 2.09. The van der Waals surface area contributed by atoms with Gasteiger partial charge in [0.05, 0.1) is 0 Å². The van der Waals surface area contributed by atoms with Crippen LogP contribution in [0.4, 0.5) is 0 Å². The van der Waals surface area contributed by atoms with Gasteiger partial charge < -0.3 is 15.8 Å². The molecule has 1 unspecified atom stereocenters. The lowest BCUT2D eigenvalue weighted by Crippen LogP contribution is -2.36. The van der Waals surface area contributed by atoms with E-state index in [-0.39, 0.29) is 17.7 Å². The van der Waals surface area contributed by atoms with Crippen molar-refractivity contribution in [1.29, 1.82) is 0 Å². The summed E-state index contributed by atoms with van der Waals surface area (Å²) in [5.41, 5.74) is 5.82. The SMILES string of the molecule is CC(CN(C)C(=O)c1ccc(Br)cn1)C(N)=NO. The van der Waals surface area contributed by atoms with Crippen LogP contribution in [0.2, 0.25) is 0 Å². The Bertz CT molecular complexity index is 447. The number of hydrogen-bond acceptors (Lipinski definition) is 4. The first-order valence-electron chi connectivity index (χ1n) is 5.30. The van der Waals surface area contributed by atoms with Gasteiger partial charge >= 0.3 is 0 Å². The number of nitrogens with zero attached hydrogens (tertiary/aromatic N) is 3. The number of carbonyl (C=O) groups is 1. The molecule has 0 spiro atoms. The van der Waals surface area contributed by atoms with Crippen LogP contribution in [0.1, 0.15) is 17.4 Å². The van der Waals surface area contributed by atoms with E-state index in [1.807, 2.05) is 0 Å². The molecule has 1 heterocycles. The average Bonchev–Trinajstić information content (AvgIpc) is 2.37. The Morgan fingerprint density at radius 2 is 2.33 bits per heavy atom. The molecule has 0 saturated heterocycles. The van der Waals surface area contributed by atoms with Crippen molar-refractivity contribution in [2.75, 3.05) is 13.6 Å². The molecule has 0 aromatic carbocycles. The smallest absolute Gasteiger partial charge is 0.272 e. The van der Waals surface area contributed by atoms with Crippen LogP contribution in [0, 0.1) is 5.92 Å². The van der Waals surface area contributed by atoms with Gasteiger partial charge in [0.25, 0.3) is 5.91 Å². The van der Waals surface area contributed by atoms with Gasteiger partial charge in [-0.3, -0.25) is 4.79 Å². The summed E-state index contributed by atoms with van der Waals surface area (Å²) in [5.74, 6) is -0.335. The average molecular weight is 315 g/mol. The fraction of sp³-hybridized carbons (Fsp3) is 0.364. The number of halogens is 1. The van der Waals surface area contributed by atoms with Crippen LogP contribution < -0.4 is 5.73 Å². The van der Waals surface area contributed by atoms with Crippen LogP contribution >= 0.6 is 15.9 Å². The van der Waals surface area contributed by atoms with Crippen molar-refractivity contribution in [2.45, 2.75) is 6.92 Å². The molecule has 7 heteroatoms. The molecule has 1 amide bonds. The minimum atomic E-state index is -0.223. The van der Waals surface area contributed by atoms with E-state index in [9.17, 15) is 4.79 Å². The van der Waals surface area contributed by atoms with Crippen molar-refractivity contribution in [3.8, 4) is 0 Å². The van der Waals surface area contributed by atoms with Gasteiger partial charge in [-0.05, 0) is 28.1 Å². The van der Waals surface area contributed by atoms with Crippen molar-refractivity contribution < 1.29 is 10.0 Å². The zero-order valence-corrected chi connectivity index (χ0v) is 11.8. The summed E-state index contributed by atoms with van der Waals surface area (Å²) in [6, 6.07) is 3.39. The second-order valence-corrected chi connectivity index (χ2v) is 4.89. The number of pyridine rings is 1. The molecule has 0 aliphatic carbocycles. The Hall–Kier alpha value is -1.63. The summed E-state index contributed by atoms with van der Waals surface area (Å²) >= 11 is 3.25. The molecule has 0 radical (unpaired) electrons. The number of hydrogen-bond donors (Lipinski definition) is 2. The summed E-state index contributed by atoms with van der Waals surface area (Å²) in [7, 11) is 1.65. The first kappa shape index (κ1) is 14.4. The van der Waals surface area contributed by atoms with Crippen molar-refractivity contribution in [3.05, 3.63) is 28.5 Å². The van der Waals surface area contributed by atoms with Gasteiger partial charge in [0, 0.05) is 30.2 Å². The Labute approximate surface area is 114 Å². The molecular weight excluding hydrogens is 300 g/mol. The lowest BCUT2D eigenvalue weighted by atomic mass is 10.1. The van der Waals surface area contributed by atoms with Gasteiger partial charge in [-0.15, -0.1) is 0 Å². The molecule has 0 aliphatic rings. The lowest BCUT2D eigenvalue weighted by Gasteiger charge is -2.20. The topological polar surface area (TPSA) is 91.8 Å². The number of amidine groups is 1. The molecule has 1 aromatic heterocycles. The third kappa shape index (κ3) is 3.69. The zero-order chi connectivity index (χ0) is 13.7. The van der Waals surface area contributed by atoms with Crippen molar-refractivity contribution >= 4 is 27.7 Å². The molecule has 1 aromatic rings. The Morgan fingerprint density at radius 3 is 2.83 bits per heavy atom. The minimum Gasteiger partial charge on any atom is -0.409 e. The van der Waals surface area contributed by atoms with Crippen molar-refractivity contribution in [2.24, 2.45) is 16.8 Å². The fourth-order valence-electron chi connectivity index (χ4n) is 1.38. The van der Waals surface area contributed by atoms with E-state index in [2.05, 4.69) is 26.1 Å². The fourth-order valence-corrected chi connectivity index (χ4v) is 1.62. The molecule has 0 fully saturated rings. The second-order valence-electron chi connectivity index (χ2n) is 3.97. The van der Waals surface area contributed by atoms with Crippen LogP contribution in [0.5, 0.6) is 0 Å². The van der Waals surface area contributed by atoms with Gasteiger partial charge in [0.1, 0.15) is 11.5 Å². The molecule has 0 saturated carbocycles. The number of oxime groups is 1. The molecule has 18 heavy (non-hydrogen) atoms. The van der Waals surface area contributed by atoms with E-state index in [1.54, 1.807) is 32.3 Å². The highest BCUT2D eigenvalue weighted by molar-refractivity contribution is 9.10. The molecule has 1 atom stereocenters. The Kier molecular flexibility index (Phi) is 5.08. The van der Waals surface area contributed by atoms with E-state index in [0.717, 1.165) is 4.47 Å². The van der Waals surface area contributed by atoms with Crippen molar-refractivity contribution in [1.82, 2.24) is 9.88 Å². The van der Waals surface area contributed by atoms with E-state index in [4.69, 9.17) is 10.9 Å². The maximum Gasteiger partial charge on any atom is 0.272 e. The highest BCUT2D eigenvalue weighted by atomic mass is 79.9. The number of nitrogens with two attached hydrogens (primary N) is 1. The molecule has 98 valence electrons. The number of carbonyl (C=O) groups excluding carboxylic acids is 1. The van der Waals surface area contributed by atoms with Crippen LogP contribution in [-0.2, 0) is 0 Å². The third-order valence-electron chi connectivity index (χ3n) is 2.46. The van der Waals surface area contributed by atoms with Crippen LogP contribution in [-0.4, -0.2) is 40.4 Å². The summed E-state index contributed by atoms with van der Waals surface area (Å²) in [6.07, 6.45) is 1.56. The molecule has 0 bridgehead atoms. The molecular formula is C11H15BrN4O2. The van der Waals surface area contributed by atoms with Crippen LogP contribution in [0.25, 0.3) is 0 Å². The second kappa shape index (κ2) is 6.34. The zero-order valence-electron chi connectivity index (χ0n) is 10.2. The minimum absolute atomic E-state index is 0.0958. The van der Waals surface area contributed by atoms with Crippen LogP contribution in [0.3, 0.4) is 0 Å². The standard InChI is InChI=1S/C11H15BrN4O2/c1-7(10(13)15-18)6-16(2)11(17)9-4-3-8(12)5-14-9/h3-5,7,18H,6H2,1-2H3,(H2,13,15). The number of amides is 1. The van der Waals surface area contributed by atoms with Crippen molar-refractivity contribution in [3.63, 3.8) is 0 Å². The summed E-state index contributed by atoms with van der Waals surface area (Å²) in [6.45, 7) is 2.13. The first-order chi connectivity index (χ1) is 8.45. The molecule has 1 rings (SSSR count). The van der Waals surface area contributed by atoms with Gasteiger partial charge in [0.2, 0.25) is 0 Å². The van der Waals surface area contributed by atoms with Gasteiger partial charge in [-0.25, -0.2) is 4.98 Å².